The zero-order valence-electron chi connectivity index (χ0n) is 11.5. The Morgan fingerprint density at radius 3 is 2.59 bits per heavy atom. The van der Waals surface area contributed by atoms with Crippen molar-refractivity contribution in [1.82, 2.24) is 5.32 Å². The van der Waals surface area contributed by atoms with Crippen LogP contribution in [-0.4, -0.2) is 32.3 Å². The first-order valence-corrected chi connectivity index (χ1v) is 7.05. The fourth-order valence-electron chi connectivity index (χ4n) is 3.62. The molecule has 0 aromatic heterocycles. The predicted octanol–water partition coefficient (Wildman–Crippen LogP) is 1.76. The van der Waals surface area contributed by atoms with Crippen LogP contribution in [0.25, 0.3) is 0 Å². The molecule has 17 heavy (non-hydrogen) atoms. The molecule has 0 radical (unpaired) electrons. The summed E-state index contributed by atoms with van der Waals surface area (Å²) in [4.78, 5) is 0. The molecule has 0 aliphatic heterocycles. The Morgan fingerprint density at radius 1 is 1.29 bits per heavy atom. The van der Waals surface area contributed by atoms with Crippen LogP contribution in [0.15, 0.2) is 0 Å². The third-order valence-corrected chi connectivity index (χ3v) is 5.21. The number of nitrogens with two attached hydrogens (primary N) is 1. The molecule has 2 rings (SSSR count). The van der Waals surface area contributed by atoms with E-state index in [-0.39, 0.29) is 5.41 Å². The Labute approximate surface area is 105 Å². The Hall–Kier alpha value is -0.120. The van der Waals surface area contributed by atoms with Crippen molar-refractivity contribution in [2.75, 3.05) is 20.2 Å². The molecule has 0 amide bonds. The van der Waals surface area contributed by atoms with Gasteiger partial charge in [-0.25, -0.2) is 0 Å². The number of hydrogen-bond donors (Lipinski definition) is 2. The molecule has 3 N–H and O–H groups in total. The molecular formula is C14H28N2O. The highest BCUT2D eigenvalue weighted by Gasteiger charge is 2.48. The molecule has 2 saturated carbocycles. The summed E-state index contributed by atoms with van der Waals surface area (Å²) in [7, 11) is 1.82. The lowest BCUT2D eigenvalue weighted by molar-refractivity contribution is -0.0982. The van der Waals surface area contributed by atoms with Crippen LogP contribution in [0.3, 0.4) is 0 Å². The molecule has 0 spiro atoms. The van der Waals surface area contributed by atoms with E-state index in [0.717, 1.165) is 31.3 Å². The molecule has 0 aromatic carbocycles. The van der Waals surface area contributed by atoms with Gasteiger partial charge in [-0.2, -0.15) is 0 Å². The van der Waals surface area contributed by atoms with Crippen molar-refractivity contribution in [3.63, 3.8) is 0 Å². The van der Waals surface area contributed by atoms with Gasteiger partial charge in [-0.15, -0.1) is 0 Å². The summed E-state index contributed by atoms with van der Waals surface area (Å²) in [5.41, 5.74) is 6.11. The lowest BCUT2D eigenvalue weighted by Crippen LogP contribution is -2.61. The third-order valence-electron chi connectivity index (χ3n) is 5.21. The first-order chi connectivity index (χ1) is 8.09. The van der Waals surface area contributed by atoms with E-state index in [1.165, 1.54) is 19.3 Å². The predicted molar refractivity (Wildman–Crippen MR) is 70.9 cm³/mol. The largest absolute Gasteiger partial charge is 0.381 e. The SMILES string of the molecule is COC1CC(NCC2CCCC2CN)C1(C)C. The number of rotatable bonds is 5. The van der Waals surface area contributed by atoms with Crippen molar-refractivity contribution in [2.45, 2.75) is 51.7 Å². The number of methoxy groups -OCH3 is 1. The van der Waals surface area contributed by atoms with Gasteiger partial charge in [-0.05, 0) is 44.2 Å². The fourth-order valence-corrected chi connectivity index (χ4v) is 3.62. The van der Waals surface area contributed by atoms with Crippen molar-refractivity contribution in [3.8, 4) is 0 Å². The maximum Gasteiger partial charge on any atom is 0.0652 e. The standard InChI is InChI=1S/C14H28N2O/c1-14(2)12(7-13(14)17-3)16-9-11-6-4-5-10(11)8-15/h10-13,16H,4-9,15H2,1-3H3. The van der Waals surface area contributed by atoms with E-state index < -0.39 is 0 Å². The molecule has 4 atom stereocenters. The van der Waals surface area contributed by atoms with Crippen molar-refractivity contribution < 1.29 is 4.74 Å². The third kappa shape index (κ3) is 2.51. The Kier molecular flexibility index (Phi) is 4.11. The fraction of sp³-hybridized carbons (Fsp3) is 1.00. The summed E-state index contributed by atoms with van der Waals surface area (Å²) in [5, 5.41) is 3.74. The van der Waals surface area contributed by atoms with Gasteiger partial charge in [0.05, 0.1) is 6.10 Å². The average Bonchev–Trinajstić information content (AvgIpc) is 2.75. The van der Waals surface area contributed by atoms with E-state index in [9.17, 15) is 0 Å². The van der Waals surface area contributed by atoms with E-state index in [1.54, 1.807) is 0 Å². The van der Waals surface area contributed by atoms with Gasteiger partial charge < -0.3 is 15.8 Å². The van der Waals surface area contributed by atoms with E-state index in [2.05, 4.69) is 19.2 Å². The number of ether oxygens (including phenoxy) is 1. The van der Waals surface area contributed by atoms with Crippen LogP contribution in [0, 0.1) is 17.3 Å². The van der Waals surface area contributed by atoms with E-state index in [4.69, 9.17) is 10.5 Å². The molecule has 3 heteroatoms. The molecular weight excluding hydrogens is 212 g/mol. The molecule has 0 aromatic rings. The van der Waals surface area contributed by atoms with Gasteiger partial charge in [-0.1, -0.05) is 20.3 Å². The second-order valence-electron chi connectivity index (χ2n) is 6.43. The molecule has 3 nitrogen and oxygen atoms in total. The van der Waals surface area contributed by atoms with Gasteiger partial charge in [0.15, 0.2) is 0 Å². The van der Waals surface area contributed by atoms with Gasteiger partial charge in [0.2, 0.25) is 0 Å². The van der Waals surface area contributed by atoms with E-state index in [1.807, 2.05) is 7.11 Å². The second kappa shape index (κ2) is 5.25. The normalized spacial score (nSPS) is 40.2. The van der Waals surface area contributed by atoms with Crippen LogP contribution >= 0.6 is 0 Å². The highest BCUT2D eigenvalue weighted by Crippen LogP contribution is 2.42. The van der Waals surface area contributed by atoms with Crippen LogP contribution in [0.4, 0.5) is 0 Å². The maximum absolute atomic E-state index is 5.83. The van der Waals surface area contributed by atoms with Crippen LogP contribution < -0.4 is 11.1 Å². The Balaban J connectivity index is 1.76. The zero-order chi connectivity index (χ0) is 12.5. The van der Waals surface area contributed by atoms with Gasteiger partial charge in [0.1, 0.15) is 0 Å². The summed E-state index contributed by atoms with van der Waals surface area (Å²) in [6.07, 6.45) is 5.63. The minimum Gasteiger partial charge on any atom is -0.381 e. The minimum atomic E-state index is 0.283. The van der Waals surface area contributed by atoms with Gasteiger partial charge in [0.25, 0.3) is 0 Å². The summed E-state index contributed by atoms with van der Waals surface area (Å²) < 4.78 is 5.49. The van der Waals surface area contributed by atoms with E-state index in [0.29, 0.717) is 12.1 Å². The van der Waals surface area contributed by atoms with Crippen molar-refractivity contribution in [2.24, 2.45) is 23.0 Å². The first kappa shape index (κ1) is 13.3. The Morgan fingerprint density at radius 2 is 2.00 bits per heavy atom. The summed E-state index contributed by atoms with van der Waals surface area (Å²) in [6.45, 7) is 6.61. The maximum atomic E-state index is 5.83. The van der Waals surface area contributed by atoms with Crippen LogP contribution in [-0.2, 0) is 4.74 Å². The van der Waals surface area contributed by atoms with Crippen molar-refractivity contribution in [3.05, 3.63) is 0 Å². The number of hydrogen-bond acceptors (Lipinski definition) is 3. The second-order valence-corrected chi connectivity index (χ2v) is 6.43. The smallest absolute Gasteiger partial charge is 0.0652 e. The molecule has 2 aliphatic rings. The summed E-state index contributed by atoms with van der Waals surface area (Å²) in [6, 6.07) is 0.617. The Bertz CT molecular complexity index is 255. The lowest BCUT2D eigenvalue weighted by atomic mass is 9.64. The minimum absolute atomic E-state index is 0.283. The quantitative estimate of drug-likeness (QED) is 0.770. The molecule has 0 bridgehead atoms. The van der Waals surface area contributed by atoms with Crippen LogP contribution in [0.2, 0.25) is 0 Å². The first-order valence-electron chi connectivity index (χ1n) is 7.05. The topological polar surface area (TPSA) is 47.3 Å². The van der Waals surface area contributed by atoms with E-state index >= 15 is 0 Å². The molecule has 0 heterocycles. The molecule has 2 fully saturated rings. The average molecular weight is 240 g/mol. The van der Waals surface area contributed by atoms with Crippen molar-refractivity contribution >= 4 is 0 Å². The number of nitrogens with one attached hydrogen (secondary N) is 1. The highest BCUT2D eigenvalue weighted by atomic mass is 16.5. The summed E-state index contributed by atoms with van der Waals surface area (Å²) >= 11 is 0. The van der Waals surface area contributed by atoms with Gasteiger partial charge >= 0.3 is 0 Å². The van der Waals surface area contributed by atoms with Gasteiger partial charge in [-0.3, -0.25) is 0 Å². The zero-order valence-corrected chi connectivity index (χ0v) is 11.5. The van der Waals surface area contributed by atoms with Crippen LogP contribution in [0.5, 0.6) is 0 Å². The monoisotopic (exact) mass is 240 g/mol. The molecule has 2 aliphatic carbocycles. The summed E-state index contributed by atoms with van der Waals surface area (Å²) in [5.74, 6) is 1.56. The molecule has 4 unspecified atom stereocenters. The van der Waals surface area contributed by atoms with Crippen molar-refractivity contribution in [1.29, 1.82) is 0 Å². The lowest BCUT2D eigenvalue weighted by Gasteiger charge is -2.51. The highest BCUT2D eigenvalue weighted by molar-refractivity contribution is 5.02. The van der Waals surface area contributed by atoms with Crippen LogP contribution in [0.1, 0.15) is 39.5 Å². The molecule has 0 saturated heterocycles. The molecule has 100 valence electrons. The van der Waals surface area contributed by atoms with Gasteiger partial charge in [0, 0.05) is 18.6 Å².